The van der Waals surface area contributed by atoms with Crippen LogP contribution in [0.15, 0.2) is 103 Å². The second-order valence-electron chi connectivity index (χ2n) is 11.3. The van der Waals surface area contributed by atoms with E-state index >= 15 is 4.39 Å². The lowest BCUT2D eigenvalue weighted by Gasteiger charge is -2.24. The molecule has 7 rings (SSSR count). The molecule has 0 amide bonds. The second kappa shape index (κ2) is 9.97. The minimum atomic E-state index is -0.193. The Balaban J connectivity index is 1.61. The van der Waals surface area contributed by atoms with E-state index in [1.165, 1.54) is 27.9 Å². The zero-order valence-electron chi connectivity index (χ0n) is 23.7. The molecule has 7 aromatic rings. The smallest absolute Gasteiger partial charge is 0.147 e. The van der Waals surface area contributed by atoms with Gasteiger partial charge in [-0.05, 0) is 76.6 Å². The first kappa shape index (κ1) is 25.7. The maximum atomic E-state index is 15.4. The molecule has 4 heteroatoms. The van der Waals surface area contributed by atoms with Crippen molar-refractivity contribution in [2.45, 2.75) is 39.5 Å². The fourth-order valence-corrected chi connectivity index (χ4v) is 7.24. The van der Waals surface area contributed by atoms with Crippen LogP contribution in [0.25, 0.3) is 59.4 Å². The Labute approximate surface area is 243 Å². The van der Waals surface area contributed by atoms with Crippen molar-refractivity contribution in [2.24, 2.45) is 0 Å². The zero-order chi connectivity index (χ0) is 28.2. The monoisotopic (exact) mass is 554 g/mol. The van der Waals surface area contributed by atoms with Gasteiger partial charge in [0.2, 0.25) is 0 Å². The van der Waals surface area contributed by atoms with Crippen LogP contribution in [0, 0.1) is 5.82 Å². The lowest BCUT2D eigenvalue weighted by Crippen LogP contribution is -2.09. The molecule has 0 aliphatic rings. The fraction of sp³-hybridized carbons (Fsp3) is 0.162. The van der Waals surface area contributed by atoms with Gasteiger partial charge < -0.3 is 0 Å². The summed E-state index contributed by atoms with van der Waals surface area (Å²) in [6.45, 7) is 9.05. The number of fused-ring (bicyclic) bond motifs is 4. The molecule has 0 N–H and O–H groups in total. The van der Waals surface area contributed by atoms with E-state index in [0.717, 1.165) is 37.2 Å². The Bertz CT molecular complexity index is 2040. The Hall–Kier alpha value is -4.28. The summed E-state index contributed by atoms with van der Waals surface area (Å²) < 4.78 is 19.7. The highest BCUT2D eigenvalue weighted by molar-refractivity contribution is 7.26. The molecule has 0 aliphatic heterocycles. The molecule has 0 bridgehead atoms. The van der Waals surface area contributed by atoms with Crippen LogP contribution in [0.5, 0.6) is 0 Å². The van der Waals surface area contributed by atoms with Crippen molar-refractivity contribution in [3.63, 3.8) is 0 Å². The fourth-order valence-electron chi connectivity index (χ4n) is 6.01. The van der Waals surface area contributed by atoms with Crippen LogP contribution in [0.4, 0.5) is 4.39 Å². The van der Waals surface area contributed by atoms with E-state index in [9.17, 15) is 0 Å². The number of rotatable bonds is 5. The van der Waals surface area contributed by atoms with E-state index < -0.39 is 0 Å². The van der Waals surface area contributed by atoms with Gasteiger partial charge in [0.05, 0.1) is 16.7 Å². The molecule has 5 aromatic carbocycles. The van der Waals surface area contributed by atoms with E-state index in [-0.39, 0.29) is 17.7 Å². The van der Waals surface area contributed by atoms with Crippen LogP contribution in [0.3, 0.4) is 0 Å². The minimum absolute atomic E-state index is 0.193. The van der Waals surface area contributed by atoms with Crippen molar-refractivity contribution in [1.82, 2.24) is 9.55 Å². The maximum absolute atomic E-state index is 15.4. The van der Waals surface area contributed by atoms with Crippen LogP contribution in [-0.4, -0.2) is 9.55 Å². The summed E-state index contributed by atoms with van der Waals surface area (Å²) in [6, 6.07) is 35.2. The van der Waals surface area contributed by atoms with Crippen LogP contribution in [-0.2, 0) is 0 Å². The third-order valence-electron chi connectivity index (χ3n) is 8.02. The largest absolute Gasteiger partial charge is 0.292 e. The van der Waals surface area contributed by atoms with Crippen molar-refractivity contribution in [2.75, 3.05) is 0 Å². The zero-order valence-corrected chi connectivity index (χ0v) is 24.5. The van der Waals surface area contributed by atoms with Gasteiger partial charge in [-0.2, -0.15) is 0 Å². The molecule has 0 fully saturated rings. The highest BCUT2D eigenvalue weighted by Gasteiger charge is 2.25. The Morgan fingerprint density at radius 2 is 1.37 bits per heavy atom. The Morgan fingerprint density at radius 1 is 0.707 bits per heavy atom. The van der Waals surface area contributed by atoms with Gasteiger partial charge in [-0.3, -0.25) is 4.57 Å². The molecular weight excluding hydrogens is 523 g/mol. The summed E-state index contributed by atoms with van der Waals surface area (Å²) in [4.78, 5) is 5.24. The van der Waals surface area contributed by atoms with Crippen molar-refractivity contribution < 1.29 is 4.39 Å². The standard InChI is InChI=1S/C37H31FN2S/c1-22(2)28-20-25(24-12-6-5-7-13-24)21-29(23(3)4)35(28)40-32-16-10-9-15-31(32)39-37(40)27-18-19-30(38)34-26-14-8-11-17-33(26)41-36(27)34/h5-23H,1-4H3. The summed E-state index contributed by atoms with van der Waals surface area (Å²) >= 11 is 1.64. The Kier molecular flexibility index (Phi) is 6.24. The molecule has 0 aliphatic carbocycles. The average Bonchev–Trinajstić information content (AvgIpc) is 3.56. The van der Waals surface area contributed by atoms with Gasteiger partial charge in [0.25, 0.3) is 0 Å². The number of hydrogen-bond acceptors (Lipinski definition) is 2. The molecule has 0 radical (unpaired) electrons. The predicted molar refractivity (Wildman–Crippen MR) is 173 cm³/mol. The third-order valence-corrected chi connectivity index (χ3v) is 9.22. The summed E-state index contributed by atoms with van der Waals surface area (Å²) in [6.07, 6.45) is 0. The number of nitrogens with zero attached hydrogens (tertiary/aromatic N) is 2. The second-order valence-corrected chi connectivity index (χ2v) is 12.4. The Morgan fingerprint density at radius 3 is 2.10 bits per heavy atom. The average molecular weight is 555 g/mol. The summed E-state index contributed by atoms with van der Waals surface area (Å²) in [5.74, 6) is 1.20. The van der Waals surface area contributed by atoms with Gasteiger partial charge in [-0.15, -0.1) is 11.3 Å². The molecule has 2 heterocycles. The first-order chi connectivity index (χ1) is 19.9. The van der Waals surface area contributed by atoms with E-state index in [1.54, 1.807) is 17.4 Å². The van der Waals surface area contributed by atoms with Gasteiger partial charge in [-0.1, -0.05) is 88.4 Å². The van der Waals surface area contributed by atoms with Crippen LogP contribution >= 0.6 is 11.3 Å². The number of benzene rings is 5. The molecule has 41 heavy (non-hydrogen) atoms. The third kappa shape index (κ3) is 4.17. The van der Waals surface area contributed by atoms with Gasteiger partial charge in [0.1, 0.15) is 11.6 Å². The maximum Gasteiger partial charge on any atom is 0.147 e. The lowest BCUT2D eigenvalue weighted by atomic mass is 9.88. The van der Waals surface area contributed by atoms with Crippen LogP contribution in [0.2, 0.25) is 0 Å². The molecule has 0 saturated heterocycles. The number of halogens is 1. The highest BCUT2D eigenvalue weighted by atomic mass is 32.1. The summed E-state index contributed by atoms with van der Waals surface area (Å²) in [7, 11) is 0. The normalized spacial score (nSPS) is 12.0. The molecule has 2 nitrogen and oxygen atoms in total. The molecule has 0 spiro atoms. The van der Waals surface area contributed by atoms with E-state index in [1.807, 2.05) is 30.3 Å². The predicted octanol–water partition coefficient (Wildman–Crippen LogP) is 11.1. The van der Waals surface area contributed by atoms with E-state index in [2.05, 4.69) is 99.0 Å². The number of imidazole rings is 1. The molecular formula is C37H31FN2S. The molecule has 0 saturated carbocycles. The van der Waals surface area contributed by atoms with Gasteiger partial charge in [0.15, 0.2) is 0 Å². The van der Waals surface area contributed by atoms with Crippen molar-refractivity contribution >= 4 is 42.5 Å². The number of para-hydroxylation sites is 2. The quantitative estimate of drug-likeness (QED) is 0.207. The van der Waals surface area contributed by atoms with E-state index in [0.29, 0.717) is 5.39 Å². The number of aromatic nitrogens is 2. The molecule has 2 aromatic heterocycles. The van der Waals surface area contributed by atoms with Gasteiger partial charge in [-0.25, -0.2) is 9.37 Å². The van der Waals surface area contributed by atoms with Gasteiger partial charge >= 0.3 is 0 Å². The van der Waals surface area contributed by atoms with E-state index in [4.69, 9.17) is 4.98 Å². The van der Waals surface area contributed by atoms with Crippen LogP contribution in [0.1, 0.15) is 50.7 Å². The molecule has 202 valence electrons. The number of hydrogen-bond donors (Lipinski definition) is 0. The van der Waals surface area contributed by atoms with Gasteiger partial charge in [0, 0.05) is 25.7 Å². The van der Waals surface area contributed by atoms with Crippen molar-refractivity contribution in [3.05, 3.63) is 120 Å². The number of thiophene rings is 1. The first-order valence-corrected chi connectivity index (χ1v) is 15.0. The summed E-state index contributed by atoms with van der Waals surface area (Å²) in [5, 5.41) is 1.63. The SMILES string of the molecule is CC(C)c1cc(-c2ccccc2)cc(C(C)C)c1-n1c(-c2ccc(F)c3c2sc2ccccc23)nc2ccccc21. The lowest BCUT2D eigenvalue weighted by molar-refractivity contribution is 0.641. The van der Waals surface area contributed by atoms with Crippen LogP contribution < -0.4 is 0 Å². The molecule has 0 atom stereocenters. The van der Waals surface area contributed by atoms with Crippen molar-refractivity contribution in [3.8, 4) is 28.2 Å². The summed E-state index contributed by atoms with van der Waals surface area (Å²) in [5.41, 5.74) is 9.09. The highest BCUT2D eigenvalue weighted by Crippen LogP contribution is 2.44. The molecule has 0 unspecified atom stereocenters. The minimum Gasteiger partial charge on any atom is -0.292 e. The van der Waals surface area contributed by atoms with Crippen molar-refractivity contribution in [1.29, 1.82) is 0 Å². The topological polar surface area (TPSA) is 17.8 Å². The first-order valence-electron chi connectivity index (χ1n) is 14.2.